The molecule has 124 valence electrons. The van der Waals surface area contributed by atoms with Gasteiger partial charge in [0, 0.05) is 23.8 Å². The SMILES string of the molecule is C=C(C(=O)OC)[C@@H]1CC[C@@H](C)[C@@H]2CC[C@@](C)(O)OO[C@@]12C=O. The van der Waals surface area contributed by atoms with Crippen LogP contribution in [-0.2, 0) is 24.1 Å². The number of fused-ring (bicyclic) bond motifs is 1. The van der Waals surface area contributed by atoms with Gasteiger partial charge in [0.1, 0.15) is 0 Å². The minimum atomic E-state index is -1.45. The predicted molar refractivity (Wildman–Crippen MR) is 77.4 cm³/mol. The lowest BCUT2D eigenvalue weighted by Gasteiger charge is -2.46. The van der Waals surface area contributed by atoms with Crippen LogP contribution in [0, 0.1) is 17.8 Å². The highest BCUT2D eigenvalue weighted by Gasteiger charge is 2.57. The Labute approximate surface area is 130 Å². The highest BCUT2D eigenvalue weighted by atomic mass is 17.2. The summed E-state index contributed by atoms with van der Waals surface area (Å²) < 4.78 is 4.73. The molecule has 0 aromatic heterocycles. The van der Waals surface area contributed by atoms with E-state index < -0.39 is 23.3 Å². The van der Waals surface area contributed by atoms with Gasteiger partial charge < -0.3 is 9.84 Å². The fraction of sp³-hybridized carbons (Fsp3) is 0.750. The van der Waals surface area contributed by atoms with Gasteiger partial charge in [-0.25, -0.2) is 14.6 Å². The molecule has 2 rings (SSSR count). The average molecular weight is 312 g/mol. The van der Waals surface area contributed by atoms with Crippen molar-refractivity contribution in [2.75, 3.05) is 7.11 Å². The lowest BCUT2D eigenvalue weighted by Crippen LogP contribution is -2.55. The zero-order valence-electron chi connectivity index (χ0n) is 13.3. The summed E-state index contributed by atoms with van der Waals surface area (Å²) in [6, 6.07) is 0. The van der Waals surface area contributed by atoms with Crippen LogP contribution in [0.4, 0.5) is 0 Å². The molecule has 0 bridgehead atoms. The van der Waals surface area contributed by atoms with Crippen molar-refractivity contribution in [3.8, 4) is 0 Å². The van der Waals surface area contributed by atoms with E-state index in [-0.39, 0.29) is 17.4 Å². The Kier molecular flexibility index (Phi) is 4.75. The monoisotopic (exact) mass is 312 g/mol. The van der Waals surface area contributed by atoms with Crippen LogP contribution in [0.1, 0.15) is 39.5 Å². The molecule has 1 N–H and O–H groups in total. The number of aliphatic hydroxyl groups is 1. The van der Waals surface area contributed by atoms with Crippen LogP contribution < -0.4 is 0 Å². The number of carbonyl (C=O) groups excluding carboxylic acids is 2. The third-order valence-electron chi connectivity index (χ3n) is 5.06. The normalized spacial score (nSPS) is 41.9. The third kappa shape index (κ3) is 2.83. The Bertz CT molecular complexity index is 471. The van der Waals surface area contributed by atoms with Crippen LogP contribution in [-0.4, -0.2) is 35.9 Å². The summed E-state index contributed by atoms with van der Waals surface area (Å²) in [5.41, 5.74) is -1.11. The molecule has 0 radical (unpaired) electrons. The summed E-state index contributed by atoms with van der Waals surface area (Å²) in [5.74, 6) is -2.47. The Balaban J connectivity index is 2.41. The van der Waals surface area contributed by atoms with Crippen LogP contribution >= 0.6 is 0 Å². The Morgan fingerprint density at radius 1 is 1.36 bits per heavy atom. The summed E-state index contributed by atoms with van der Waals surface area (Å²) in [6.45, 7) is 7.34. The molecule has 0 aromatic carbocycles. The zero-order valence-corrected chi connectivity index (χ0v) is 13.3. The van der Waals surface area contributed by atoms with Crippen LogP contribution in [0.2, 0.25) is 0 Å². The maximum atomic E-state index is 12.0. The van der Waals surface area contributed by atoms with Crippen molar-refractivity contribution in [3.63, 3.8) is 0 Å². The van der Waals surface area contributed by atoms with Crippen molar-refractivity contribution in [1.29, 1.82) is 0 Å². The van der Waals surface area contributed by atoms with Crippen molar-refractivity contribution in [3.05, 3.63) is 12.2 Å². The third-order valence-corrected chi connectivity index (χ3v) is 5.06. The van der Waals surface area contributed by atoms with E-state index in [1.54, 1.807) is 0 Å². The number of carbonyl (C=O) groups is 2. The minimum absolute atomic E-state index is 0.154. The molecule has 0 unspecified atom stereocenters. The van der Waals surface area contributed by atoms with Crippen molar-refractivity contribution in [2.24, 2.45) is 17.8 Å². The van der Waals surface area contributed by atoms with Gasteiger partial charge in [-0.3, -0.25) is 4.79 Å². The molecule has 0 aromatic rings. The smallest absolute Gasteiger partial charge is 0.333 e. The maximum Gasteiger partial charge on any atom is 0.333 e. The average Bonchev–Trinajstić information content (AvgIpc) is 2.64. The molecule has 6 nitrogen and oxygen atoms in total. The van der Waals surface area contributed by atoms with Crippen molar-refractivity contribution in [1.82, 2.24) is 0 Å². The second kappa shape index (κ2) is 6.10. The fourth-order valence-corrected chi connectivity index (χ4v) is 3.73. The quantitative estimate of drug-likeness (QED) is 0.370. The first-order valence-electron chi connectivity index (χ1n) is 7.60. The molecule has 6 heteroatoms. The topological polar surface area (TPSA) is 82.1 Å². The van der Waals surface area contributed by atoms with E-state index in [1.165, 1.54) is 14.0 Å². The molecular weight excluding hydrogens is 288 g/mol. The van der Waals surface area contributed by atoms with E-state index in [0.717, 1.165) is 6.42 Å². The van der Waals surface area contributed by atoms with Crippen LogP contribution in [0.15, 0.2) is 12.2 Å². The molecule has 1 saturated carbocycles. The van der Waals surface area contributed by atoms with E-state index in [4.69, 9.17) is 14.5 Å². The summed E-state index contributed by atoms with van der Waals surface area (Å²) in [7, 11) is 1.28. The number of esters is 1. The predicted octanol–water partition coefficient (Wildman–Crippen LogP) is 1.77. The van der Waals surface area contributed by atoms with E-state index in [0.29, 0.717) is 25.5 Å². The number of rotatable bonds is 3. The molecule has 0 amide bonds. The second-order valence-corrected chi connectivity index (χ2v) is 6.58. The maximum absolute atomic E-state index is 12.0. The summed E-state index contributed by atoms with van der Waals surface area (Å²) in [5, 5.41) is 10.1. The summed E-state index contributed by atoms with van der Waals surface area (Å²) >= 11 is 0. The van der Waals surface area contributed by atoms with Gasteiger partial charge in [0.25, 0.3) is 0 Å². The standard InChI is InChI=1S/C16H24O6/c1-10-5-6-13(11(2)14(18)20-4)16(9-17)12(10)7-8-15(3,19)21-22-16/h9-10,12-13,19H,2,5-8H2,1,3-4H3/t10-,12+,13+,15+,16-/m1/s1. The first-order valence-corrected chi connectivity index (χ1v) is 7.60. The van der Waals surface area contributed by atoms with Crippen molar-refractivity contribution < 1.29 is 29.2 Å². The lowest BCUT2D eigenvalue weighted by atomic mass is 9.61. The molecule has 22 heavy (non-hydrogen) atoms. The van der Waals surface area contributed by atoms with Gasteiger partial charge >= 0.3 is 5.97 Å². The van der Waals surface area contributed by atoms with E-state index >= 15 is 0 Å². The Hall–Kier alpha value is -1.24. The molecule has 2 fully saturated rings. The number of aldehydes is 1. The van der Waals surface area contributed by atoms with Gasteiger partial charge in [-0.1, -0.05) is 13.5 Å². The molecule has 2 aliphatic rings. The van der Waals surface area contributed by atoms with Gasteiger partial charge in [-0.05, 0) is 32.1 Å². The van der Waals surface area contributed by atoms with Crippen LogP contribution in [0.5, 0.6) is 0 Å². The van der Waals surface area contributed by atoms with Crippen molar-refractivity contribution >= 4 is 12.3 Å². The molecule has 1 heterocycles. The number of methoxy groups -OCH3 is 1. The Morgan fingerprint density at radius 2 is 2.05 bits per heavy atom. The van der Waals surface area contributed by atoms with E-state index in [2.05, 4.69) is 6.58 Å². The second-order valence-electron chi connectivity index (χ2n) is 6.58. The van der Waals surface area contributed by atoms with Crippen LogP contribution in [0.3, 0.4) is 0 Å². The zero-order chi connectivity index (χ0) is 16.5. The molecule has 1 saturated heterocycles. The number of ether oxygens (including phenoxy) is 1. The van der Waals surface area contributed by atoms with Crippen LogP contribution in [0.25, 0.3) is 0 Å². The number of hydrogen-bond acceptors (Lipinski definition) is 6. The first-order chi connectivity index (χ1) is 10.3. The lowest BCUT2D eigenvalue weighted by molar-refractivity contribution is -0.449. The van der Waals surface area contributed by atoms with Gasteiger partial charge in [0.2, 0.25) is 0 Å². The fourth-order valence-electron chi connectivity index (χ4n) is 3.73. The van der Waals surface area contributed by atoms with E-state index in [1.807, 2.05) is 6.92 Å². The first kappa shape index (κ1) is 17.1. The minimum Gasteiger partial charge on any atom is -0.466 e. The van der Waals surface area contributed by atoms with Gasteiger partial charge in [0.05, 0.1) is 7.11 Å². The van der Waals surface area contributed by atoms with E-state index in [9.17, 15) is 14.7 Å². The molecule has 1 aliphatic heterocycles. The number of hydrogen-bond donors (Lipinski definition) is 1. The summed E-state index contributed by atoms with van der Waals surface area (Å²) in [4.78, 5) is 34.4. The highest BCUT2D eigenvalue weighted by molar-refractivity contribution is 5.89. The van der Waals surface area contributed by atoms with Gasteiger partial charge in [-0.2, -0.15) is 0 Å². The van der Waals surface area contributed by atoms with Gasteiger partial charge in [0.15, 0.2) is 17.7 Å². The molecular formula is C16H24O6. The highest BCUT2D eigenvalue weighted by Crippen LogP contribution is 2.50. The molecule has 5 atom stereocenters. The largest absolute Gasteiger partial charge is 0.466 e. The molecule has 1 aliphatic carbocycles. The van der Waals surface area contributed by atoms with Crippen molar-refractivity contribution in [2.45, 2.75) is 50.9 Å². The molecule has 0 spiro atoms. The summed E-state index contributed by atoms with van der Waals surface area (Å²) in [6.07, 6.45) is 3.04. The van der Waals surface area contributed by atoms with Gasteiger partial charge in [-0.15, -0.1) is 0 Å². The Morgan fingerprint density at radius 3 is 2.64 bits per heavy atom.